The molecule has 0 fully saturated rings. The SMILES string of the molecule is CC(C)(C)c1nnc(SCC(=O)NCCc2ccccc2)n1N. The van der Waals surface area contributed by atoms with Crippen molar-refractivity contribution in [3.63, 3.8) is 0 Å². The van der Waals surface area contributed by atoms with E-state index in [1.54, 1.807) is 0 Å². The van der Waals surface area contributed by atoms with E-state index in [0.717, 1.165) is 6.42 Å². The van der Waals surface area contributed by atoms with Crippen molar-refractivity contribution >= 4 is 17.7 Å². The number of nitrogens with two attached hydrogens (primary N) is 1. The summed E-state index contributed by atoms with van der Waals surface area (Å²) < 4.78 is 1.46. The number of hydrogen-bond acceptors (Lipinski definition) is 5. The molecule has 0 unspecified atom stereocenters. The van der Waals surface area contributed by atoms with Crippen molar-refractivity contribution in [1.82, 2.24) is 20.2 Å². The first kappa shape index (κ1) is 17.3. The van der Waals surface area contributed by atoms with Gasteiger partial charge < -0.3 is 11.2 Å². The highest BCUT2D eigenvalue weighted by Crippen LogP contribution is 2.22. The van der Waals surface area contributed by atoms with Crippen molar-refractivity contribution in [3.8, 4) is 0 Å². The average molecular weight is 333 g/mol. The van der Waals surface area contributed by atoms with Crippen LogP contribution in [-0.4, -0.2) is 33.1 Å². The Kier molecular flexibility index (Phi) is 5.65. The van der Waals surface area contributed by atoms with E-state index in [-0.39, 0.29) is 17.1 Å². The van der Waals surface area contributed by atoms with Crippen LogP contribution in [0, 0.1) is 0 Å². The molecule has 0 spiro atoms. The van der Waals surface area contributed by atoms with Gasteiger partial charge in [-0.15, -0.1) is 10.2 Å². The molecule has 23 heavy (non-hydrogen) atoms. The maximum Gasteiger partial charge on any atom is 0.230 e. The molecule has 0 saturated heterocycles. The van der Waals surface area contributed by atoms with Crippen LogP contribution < -0.4 is 11.2 Å². The molecule has 1 heterocycles. The molecule has 6 nitrogen and oxygen atoms in total. The third kappa shape index (κ3) is 4.99. The summed E-state index contributed by atoms with van der Waals surface area (Å²) in [6, 6.07) is 10.1. The Hall–Kier alpha value is -2.02. The number of nitrogens with zero attached hydrogens (tertiary/aromatic N) is 3. The second-order valence-corrected chi connectivity index (χ2v) is 7.24. The van der Waals surface area contributed by atoms with Crippen molar-refractivity contribution in [2.45, 2.75) is 37.8 Å². The van der Waals surface area contributed by atoms with Crippen molar-refractivity contribution in [1.29, 1.82) is 0 Å². The minimum absolute atomic E-state index is 0.0359. The van der Waals surface area contributed by atoms with Gasteiger partial charge in [0, 0.05) is 12.0 Å². The molecule has 0 saturated carbocycles. The highest BCUT2D eigenvalue weighted by atomic mass is 32.2. The molecule has 124 valence electrons. The van der Waals surface area contributed by atoms with Gasteiger partial charge in [-0.05, 0) is 12.0 Å². The predicted octanol–water partition coefficient (Wildman–Crippen LogP) is 1.74. The molecule has 0 atom stereocenters. The van der Waals surface area contributed by atoms with E-state index >= 15 is 0 Å². The first-order chi connectivity index (χ1) is 10.9. The van der Waals surface area contributed by atoms with E-state index in [0.29, 0.717) is 17.5 Å². The minimum Gasteiger partial charge on any atom is -0.355 e. The molecule has 2 aromatic rings. The van der Waals surface area contributed by atoms with Crippen LogP contribution in [0.25, 0.3) is 0 Å². The molecule has 0 aliphatic rings. The number of benzene rings is 1. The van der Waals surface area contributed by atoms with Crippen molar-refractivity contribution in [2.75, 3.05) is 18.1 Å². The average Bonchev–Trinajstić information content (AvgIpc) is 2.87. The Morgan fingerprint density at radius 3 is 2.57 bits per heavy atom. The molecule has 0 aliphatic carbocycles. The summed E-state index contributed by atoms with van der Waals surface area (Å²) in [7, 11) is 0. The second-order valence-electron chi connectivity index (χ2n) is 6.30. The van der Waals surface area contributed by atoms with E-state index in [1.165, 1.54) is 22.0 Å². The topological polar surface area (TPSA) is 85.8 Å². The second kappa shape index (κ2) is 7.50. The number of amides is 1. The summed E-state index contributed by atoms with van der Waals surface area (Å²) in [5, 5.41) is 11.6. The Morgan fingerprint density at radius 1 is 1.26 bits per heavy atom. The Morgan fingerprint density at radius 2 is 1.96 bits per heavy atom. The van der Waals surface area contributed by atoms with Gasteiger partial charge in [-0.2, -0.15) is 0 Å². The van der Waals surface area contributed by atoms with Crippen molar-refractivity contribution < 1.29 is 4.79 Å². The summed E-state index contributed by atoms with van der Waals surface area (Å²) in [6.07, 6.45) is 0.818. The lowest BCUT2D eigenvalue weighted by Crippen LogP contribution is -2.28. The van der Waals surface area contributed by atoms with Gasteiger partial charge in [0.15, 0.2) is 5.82 Å². The van der Waals surface area contributed by atoms with Gasteiger partial charge in [0.25, 0.3) is 0 Å². The first-order valence-corrected chi connectivity index (χ1v) is 8.51. The number of nitrogen functional groups attached to an aromatic ring is 1. The van der Waals surface area contributed by atoms with Gasteiger partial charge in [-0.1, -0.05) is 62.9 Å². The Labute approximate surface area is 140 Å². The summed E-state index contributed by atoms with van der Waals surface area (Å²) in [6.45, 7) is 6.67. The summed E-state index contributed by atoms with van der Waals surface area (Å²) >= 11 is 1.29. The third-order valence-corrected chi connectivity index (χ3v) is 4.19. The number of rotatable bonds is 6. The van der Waals surface area contributed by atoms with E-state index < -0.39 is 0 Å². The first-order valence-electron chi connectivity index (χ1n) is 7.52. The minimum atomic E-state index is -0.182. The molecular formula is C16H23N5OS. The number of hydrogen-bond donors (Lipinski definition) is 2. The van der Waals surface area contributed by atoms with Crippen molar-refractivity contribution in [2.24, 2.45) is 0 Å². The normalized spacial score (nSPS) is 11.4. The van der Waals surface area contributed by atoms with Crippen LogP contribution >= 0.6 is 11.8 Å². The van der Waals surface area contributed by atoms with Gasteiger partial charge in [-0.25, -0.2) is 4.68 Å². The molecule has 7 heteroatoms. The standard InChI is InChI=1S/C16H23N5OS/c1-16(2,3)14-19-20-15(21(14)17)23-11-13(22)18-10-9-12-7-5-4-6-8-12/h4-8H,9-11,17H2,1-3H3,(H,18,22). The monoisotopic (exact) mass is 333 g/mol. The Balaban J connectivity index is 1.78. The molecule has 1 aromatic heterocycles. The lowest BCUT2D eigenvalue weighted by atomic mass is 9.96. The number of thioether (sulfide) groups is 1. The van der Waals surface area contributed by atoms with E-state index in [1.807, 2.05) is 51.1 Å². The van der Waals surface area contributed by atoms with Crippen LogP contribution in [0.15, 0.2) is 35.5 Å². The van der Waals surface area contributed by atoms with Gasteiger partial charge >= 0.3 is 0 Å². The van der Waals surface area contributed by atoms with Crippen LogP contribution in [0.5, 0.6) is 0 Å². The maximum atomic E-state index is 11.9. The van der Waals surface area contributed by atoms with Crippen LogP contribution in [-0.2, 0) is 16.6 Å². The largest absolute Gasteiger partial charge is 0.355 e. The van der Waals surface area contributed by atoms with Gasteiger partial charge in [0.2, 0.25) is 11.1 Å². The molecule has 0 bridgehead atoms. The van der Waals surface area contributed by atoms with E-state index in [2.05, 4.69) is 15.5 Å². The zero-order valence-corrected chi connectivity index (χ0v) is 14.6. The molecule has 1 amide bonds. The van der Waals surface area contributed by atoms with E-state index in [9.17, 15) is 4.79 Å². The van der Waals surface area contributed by atoms with Gasteiger partial charge in [0.1, 0.15) is 0 Å². The smallest absolute Gasteiger partial charge is 0.230 e. The fraction of sp³-hybridized carbons (Fsp3) is 0.438. The fourth-order valence-corrected chi connectivity index (χ4v) is 2.75. The highest BCUT2D eigenvalue weighted by molar-refractivity contribution is 7.99. The summed E-state index contributed by atoms with van der Waals surface area (Å²) in [4.78, 5) is 11.9. The zero-order chi connectivity index (χ0) is 16.9. The predicted molar refractivity (Wildman–Crippen MR) is 92.8 cm³/mol. The molecular weight excluding hydrogens is 310 g/mol. The number of carbonyl (C=O) groups is 1. The lowest BCUT2D eigenvalue weighted by molar-refractivity contribution is -0.118. The Bertz CT molecular complexity index is 648. The van der Waals surface area contributed by atoms with Gasteiger partial charge in [0.05, 0.1) is 5.75 Å². The van der Waals surface area contributed by atoms with E-state index in [4.69, 9.17) is 5.84 Å². The summed E-state index contributed by atoms with van der Waals surface area (Å²) in [5.41, 5.74) is 1.02. The van der Waals surface area contributed by atoms with Crippen LogP contribution in [0.4, 0.5) is 0 Å². The zero-order valence-electron chi connectivity index (χ0n) is 13.7. The summed E-state index contributed by atoms with van der Waals surface area (Å²) in [5.74, 6) is 6.93. The molecule has 0 aliphatic heterocycles. The molecule has 2 rings (SSSR count). The third-order valence-electron chi connectivity index (χ3n) is 3.25. The van der Waals surface area contributed by atoms with Crippen LogP contribution in [0.2, 0.25) is 0 Å². The fourth-order valence-electron chi connectivity index (χ4n) is 2.06. The number of nitrogens with one attached hydrogen (secondary N) is 1. The maximum absolute atomic E-state index is 11.9. The quantitative estimate of drug-likeness (QED) is 0.621. The number of aromatic nitrogens is 3. The highest BCUT2D eigenvalue weighted by Gasteiger charge is 2.23. The molecule has 3 N–H and O–H groups in total. The van der Waals surface area contributed by atoms with Crippen LogP contribution in [0.3, 0.4) is 0 Å². The van der Waals surface area contributed by atoms with Gasteiger partial charge in [-0.3, -0.25) is 4.79 Å². The number of carbonyl (C=O) groups excluding carboxylic acids is 1. The molecule has 1 aromatic carbocycles. The van der Waals surface area contributed by atoms with Crippen molar-refractivity contribution in [3.05, 3.63) is 41.7 Å². The van der Waals surface area contributed by atoms with Crippen LogP contribution in [0.1, 0.15) is 32.2 Å². The lowest BCUT2D eigenvalue weighted by Gasteiger charge is -2.16. The molecule has 0 radical (unpaired) electrons.